The van der Waals surface area contributed by atoms with Gasteiger partial charge in [0.2, 0.25) is 0 Å². The standard InChI is InChI=1S/C13H10F3N3O5/c1-7-6-17(12(20)13(14,15)16)3-2-8-4-10(18(21)22)11(19(23)24)5-9(7)8/h4-5H,1-3,6H2. The van der Waals surface area contributed by atoms with Crippen LogP contribution in [0, 0.1) is 20.2 Å². The van der Waals surface area contributed by atoms with Gasteiger partial charge in [-0.1, -0.05) is 6.58 Å². The maximum absolute atomic E-state index is 12.6. The molecule has 0 saturated carbocycles. The van der Waals surface area contributed by atoms with Crippen molar-refractivity contribution in [3.8, 4) is 0 Å². The van der Waals surface area contributed by atoms with E-state index in [9.17, 15) is 38.2 Å². The van der Waals surface area contributed by atoms with Gasteiger partial charge in [-0.05, 0) is 23.1 Å². The van der Waals surface area contributed by atoms with Gasteiger partial charge in [0.1, 0.15) is 0 Å². The van der Waals surface area contributed by atoms with Crippen LogP contribution in [-0.2, 0) is 11.2 Å². The Bertz CT molecular complexity index is 760. The zero-order valence-electron chi connectivity index (χ0n) is 12.0. The fourth-order valence-corrected chi connectivity index (χ4v) is 2.45. The van der Waals surface area contributed by atoms with E-state index in [1.807, 2.05) is 0 Å². The van der Waals surface area contributed by atoms with Gasteiger partial charge in [0, 0.05) is 25.2 Å². The topological polar surface area (TPSA) is 107 Å². The van der Waals surface area contributed by atoms with Crippen LogP contribution in [0.2, 0.25) is 0 Å². The number of benzene rings is 1. The van der Waals surface area contributed by atoms with E-state index < -0.39 is 39.8 Å². The first-order valence-corrected chi connectivity index (χ1v) is 6.52. The second-order valence-electron chi connectivity index (χ2n) is 5.09. The van der Waals surface area contributed by atoms with Crippen molar-refractivity contribution in [2.24, 2.45) is 0 Å². The molecule has 0 aliphatic carbocycles. The summed E-state index contributed by atoms with van der Waals surface area (Å²) < 4.78 is 37.7. The van der Waals surface area contributed by atoms with Gasteiger partial charge in [-0.3, -0.25) is 25.0 Å². The predicted octanol–water partition coefficient (Wildman–Crippen LogP) is 2.46. The Labute approximate surface area is 132 Å². The molecule has 0 bridgehead atoms. The van der Waals surface area contributed by atoms with E-state index in [0.717, 1.165) is 12.1 Å². The number of rotatable bonds is 2. The summed E-state index contributed by atoms with van der Waals surface area (Å²) in [6.45, 7) is 2.75. The Morgan fingerprint density at radius 1 is 1.17 bits per heavy atom. The van der Waals surface area contributed by atoms with Crippen molar-refractivity contribution in [2.45, 2.75) is 12.6 Å². The first-order chi connectivity index (χ1) is 11.0. The number of hydrogen-bond acceptors (Lipinski definition) is 5. The number of amides is 1. The third-order valence-electron chi connectivity index (χ3n) is 3.54. The van der Waals surface area contributed by atoms with Crippen molar-refractivity contribution in [3.63, 3.8) is 0 Å². The van der Waals surface area contributed by atoms with Crippen molar-refractivity contribution in [3.05, 3.63) is 50.1 Å². The van der Waals surface area contributed by atoms with E-state index >= 15 is 0 Å². The molecule has 0 spiro atoms. The van der Waals surface area contributed by atoms with Crippen LogP contribution in [0.5, 0.6) is 0 Å². The highest BCUT2D eigenvalue weighted by atomic mass is 19.4. The van der Waals surface area contributed by atoms with Crippen LogP contribution in [0.1, 0.15) is 11.1 Å². The molecule has 1 aliphatic rings. The molecule has 1 aliphatic heterocycles. The molecule has 1 amide bonds. The zero-order valence-corrected chi connectivity index (χ0v) is 12.0. The number of fused-ring (bicyclic) bond motifs is 1. The average Bonchev–Trinajstić information content (AvgIpc) is 2.63. The molecule has 1 aromatic rings. The lowest BCUT2D eigenvalue weighted by Crippen LogP contribution is -2.42. The summed E-state index contributed by atoms with van der Waals surface area (Å²) in [5, 5.41) is 21.9. The number of nitro groups is 2. The second-order valence-corrected chi connectivity index (χ2v) is 5.09. The van der Waals surface area contributed by atoms with Gasteiger partial charge in [0.25, 0.3) is 0 Å². The van der Waals surface area contributed by atoms with Crippen molar-refractivity contribution in [2.75, 3.05) is 13.1 Å². The number of alkyl halides is 3. The monoisotopic (exact) mass is 345 g/mol. The van der Waals surface area contributed by atoms with Gasteiger partial charge in [0.15, 0.2) is 0 Å². The van der Waals surface area contributed by atoms with Gasteiger partial charge in [-0.2, -0.15) is 13.2 Å². The Hall–Kier alpha value is -2.98. The van der Waals surface area contributed by atoms with Gasteiger partial charge in [-0.25, -0.2) is 0 Å². The van der Waals surface area contributed by atoms with E-state index in [1.54, 1.807) is 0 Å². The normalized spacial score (nSPS) is 14.8. The van der Waals surface area contributed by atoms with Gasteiger partial charge in [0.05, 0.1) is 9.85 Å². The fraction of sp³-hybridized carbons (Fsp3) is 0.308. The Kier molecular flexibility index (Phi) is 4.28. The van der Waals surface area contributed by atoms with E-state index in [2.05, 4.69) is 6.58 Å². The summed E-state index contributed by atoms with van der Waals surface area (Å²) >= 11 is 0. The van der Waals surface area contributed by atoms with E-state index in [1.165, 1.54) is 0 Å². The first-order valence-electron chi connectivity index (χ1n) is 6.52. The lowest BCUT2D eigenvalue weighted by Gasteiger charge is -2.21. The minimum Gasteiger partial charge on any atom is -0.330 e. The molecule has 0 radical (unpaired) electrons. The molecule has 24 heavy (non-hydrogen) atoms. The summed E-state index contributed by atoms with van der Waals surface area (Å²) in [5.74, 6) is -2.06. The second kappa shape index (κ2) is 5.91. The average molecular weight is 345 g/mol. The Morgan fingerprint density at radius 2 is 1.71 bits per heavy atom. The molecule has 2 rings (SSSR count). The molecule has 8 nitrogen and oxygen atoms in total. The highest BCUT2D eigenvalue weighted by Crippen LogP contribution is 2.35. The van der Waals surface area contributed by atoms with Crippen molar-refractivity contribution >= 4 is 22.9 Å². The number of carbonyl (C=O) groups excluding carboxylic acids is 1. The molecule has 1 aromatic carbocycles. The molecule has 0 atom stereocenters. The van der Waals surface area contributed by atoms with Crippen LogP contribution in [0.15, 0.2) is 18.7 Å². The van der Waals surface area contributed by atoms with E-state index in [-0.39, 0.29) is 29.7 Å². The highest BCUT2D eigenvalue weighted by Gasteiger charge is 2.43. The number of hydrogen-bond donors (Lipinski definition) is 0. The van der Waals surface area contributed by atoms with Gasteiger partial charge in [-0.15, -0.1) is 0 Å². The molecule has 128 valence electrons. The summed E-state index contributed by atoms with van der Waals surface area (Å²) in [6, 6.07) is 1.86. The lowest BCUT2D eigenvalue weighted by molar-refractivity contribution is -0.422. The molecule has 0 unspecified atom stereocenters. The fourth-order valence-electron chi connectivity index (χ4n) is 2.45. The van der Waals surface area contributed by atoms with Crippen LogP contribution in [0.3, 0.4) is 0 Å². The Morgan fingerprint density at radius 3 is 2.21 bits per heavy atom. The van der Waals surface area contributed by atoms with Crippen LogP contribution in [0.4, 0.5) is 24.5 Å². The number of halogens is 3. The van der Waals surface area contributed by atoms with Crippen molar-refractivity contribution < 1.29 is 27.8 Å². The zero-order chi connectivity index (χ0) is 18.2. The van der Waals surface area contributed by atoms with Crippen molar-refractivity contribution in [1.82, 2.24) is 4.90 Å². The quantitative estimate of drug-likeness (QED) is 0.604. The largest absolute Gasteiger partial charge is 0.471 e. The van der Waals surface area contributed by atoms with Crippen LogP contribution < -0.4 is 0 Å². The lowest BCUT2D eigenvalue weighted by atomic mass is 9.98. The highest BCUT2D eigenvalue weighted by molar-refractivity contribution is 5.85. The molecular weight excluding hydrogens is 335 g/mol. The summed E-state index contributed by atoms with van der Waals surface area (Å²) in [6.07, 6.45) is -5.18. The maximum atomic E-state index is 12.6. The molecular formula is C13H10F3N3O5. The van der Waals surface area contributed by atoms with E-state index in [4.69, 9.17) is 0 Å². The number of nitrogens with zero attached hydrogens (tertiary/aromatic N) is 3. The molecule has 0 aromatic heterocycles. The van der Waals surface area contributed by atoms with Crippen LogP contribution >= 0.6 is 0 Å². The maximum Gasteiger partial charge on any atom is 0.471 e. The SMILES string of the molecule is C=C1CN(C(=O)C(F)(F)F)CCc2cc([N+](=O)[O-])c([N+](=O)[O-])cc21. The molecule has 0 N–H and O–H groups in total. The molecule has 1 heterocycles. The van der Waals surface area contributed by atoms with Crippen LogP contribution in [-0.4, -0.2) is 39.9 Å². The van der Waals surface area contributed by atoms with Gasteiger partial charge < -0.3 is 4.90 Å². The third kappa shape index (κ3) is 3.19. The van der Waals surface area contributed by atoms with E-state index in [0.29, 0.717) is 4.90 Å². The number of carbonyl (C=O) groups is 1. The number of nitro benzene ring substituents is 2. The van der Waals surface area contributed by atoms with Crippen molar-refractivity contribution in [1.29, 1.82) is 0 Å². The summed E-state index contributed by atoms with van der Waals surface area (Å²) in [5.41, 5.74) is -1.13. The summed E-state index contributed by atoms with van der Waals surface area (Å²) in [7, 11) is 0. The third-order valence-corrected chi connectivity index (χ3v) is 3.54. The minimum absolute atomic E-state index is 0.0399. The molecule has 0 saturated heterocycles. The minimum atomic E-state index is -5.06. The summed E-state index contributed by atoms with van der Waals surface area (Å²) in [4.78, 5) is 31.9. The van der Waals surface area contributed by atoms with Gasteiger partial charge >= 0.3 is 23.5 Å². The molecule has 0 fully saturated rings. The van der Waals surface area contributed by atoms with Crippen LogP contribution in [0.25, 0.3) is 5.57 Å². The molecule has 11 heteroatoms. The first kappa shape index (κ1) is 17.4. The predicted molar refractivity (Wildman–Crippen MR) is 75.1 cm³/mol. The smallest absolute Gasteiger partial charge is 0.330 e. The Balaban J connectivity index is 2.47.